The Kier molecular flexibility index (Phi) is 8.32. The molecule has 106 valence electrons. The number of nitrogens with two attached hydrogens (primary N) is 1. The van der Waals surface area contributed by atoms with E-state index in [1.807, 2.05) is 20.8 Å². The van der Waals surface area contributed by atoms with E-state index in [0.717, 1.165) is 0 Å². The summed E-state index contributed by atoms with van der Waals surface area (Å²) >= 11 is 0. The molecular formula is C12H24N2O4. The number of amides is 1. The monoisotopic (exact) mass is 260 g/mol. The highest BCUT2D eigenvalue weighted by atomic mass is 16.5. The van der Waals surface area contributed by atoms with E-state index in [2.05, 4.69) is 5.32 Å². The lowest BCUT2D eigenvalue weighted by Gasteiger charge is -2.22. The van der Waals surface area contributed by atoms with Crippen LogP contribution in [-0.4, -0.2) is 42.3 Å². The molecule has 0 saturated heterocycles. The van der Waals surface area contributed by atoms with Gasteiger partial charge in [-0.3, -0.25) is 9.59 Å². The molecule has 18 heavy (non-hydrogen) atoms. The van der Waals surface area contributed by atoms with Crippen molar-refractivity contribution in [1.29, 1.82) is 0 Å². The highest BCUT2D eigenvalue weighted by Crippen LogP contribution is 2.07. The zero-order valence-corrected chi connectivity index (χ0v) is 11.3. The van der Waals surface area contributed by atoms with Gasteiger partial charge in [-0.15, -0.1) is 0 Å². The van der Waals surface area contributed by atoms with Crippen molar-refractivity contribution in [3.8, 4) is 0 Å². The van der Waals surface area contributed by atoms with Crippen LogP contribution in [0.5, 0.6) is 0 Å². The summed E-state index contributed by atoms with van der Waals surface area (Å²) in [7, 11) is 0. The maximum atomic E-state index is 11.7. The van der Waals surface area contributed by atoms with Crippen LogP contribution < -0.4 is 11.1 Å². The highest BCUT2D eigenvalue weighted by Gasteiger charge is 2.21. The van der Waals surface area contributed by atoms with Crippen LogP contribution in [0, 0.1) is 5.92 Å². The molecule has 0 aromatic rings. The van der Waals surface area contributed by atoms with Gasteiger partial charge in [0.1, 0.15) is 0 Å². The molecule has 0 heterocycles. The fraction of sp³-hybridized carbons (Fsp3) is 0.833. The van der Waals surface area contributed by atoms with Crippen LogP contribution in [0.15, 0.2) is 0 Å². The van der Waals surface area contributed by atoms with E-state index < -0.39 is 5.97 Å². The minimum Gasteiger partial charge on any atom is -0.481 e. The first-order valence-corrected chi connectivity index (χ1v) is 6.23. The van der Waals surface area contributed by atoms with Gasteiger partial charge in [0.05, 0.1) is 18.9 Å². The number of carbonyl (C=O) groups is 2. The Labute approximate surface area is 108 Å². The summed E-state index contributed by atoms with van der Waals surface area (Å²) in [5.41, 5.74) is 5.48. The van der Waals surface area contributed by atoms with Crippen molar-refractivity contribution in [3.63, 3.8) is 0 Å². The van der Waals surface area contributed by atoms with Crippen molar-refractivity contribution >= 4 is 11.9 Å². The first-order valence-electron chi connectivity index (χ1n) is 6.23. The Balaban J connectivity index is 4.28. The lowest BCUT2D eigenvalue weighted by molar-refractivity contribution is -0.138. The lowest BCUT2D eigenvalue weighted by atomic mass is 10.0. The van der Waals surface area contributed by atoms with Crippen LogP contribution in [-0.2, 0) is 14.3 Å². The fourth-order valence-electron chi connectivity index (χ4n) is 1.56. The quantitative estimate of drug-likeness (QED) is 0.555. The van der Waals surface area contributed by atoms with E-state index in [0.29, 0.717) is 6.61 Å². The Morgan fingerprint density at radius 2 is 1.94 bits per heavy atom. The van der Waals surface area contributed by atoms with Crippen molar-refractivity contribution < 1.29 is 19.4 Å². The maximum absolute atomic E-state index is 11.7. The molecule has 0 radical (unpaired) electrons. The van der Waals surface area contributed by atoms with E-state index in [-0.39, 0.29) is 43.4 Å². The molecule has 0 aliphatic heterocycles. The van der Waals surface area contributed by atoms with Gasteiger partial charge in [-0.2, -0.15) is 0 Å². The smallest absolute Gasteiger partial charge is 0.305 e. The second-order valence-electron chi connectivity index (χ2n) is 4.53. The van der Waals surface area contributed by atoms with Crippen LogP contribution in [0.2, 0.25) is 0 Å². The number of nitrogens with one attached hydrogen (secondary N) is 1. The van der Waals surface area contributed by atoms with Gasteiger partial charge in [0.2, 0.25) is 5.91 Å². The third-order valence-corrected chi connectivity index (χ3v) is 2.62. The number of rotatable bonds is 9. The molecule has 4 N–H and O–H groups in total. The van der Waals surface area contributed by atoms with Gasteiger partial charge in [-0.1, -0.05) is 13.8 Å². The standard InChI is InChI=1S/C12H24N2O4/c1-4-18-9(7-13)5-11(15)14-10(8(2)3)6-12(16)17/h8-10H,4-7,13H2,1-3H3,(H,14,15)(H,16,17). The van der Waals surface area contributed by atoms with E-state index in [1.54, 1.807) is 0 Å². The molecular weight excluding hydrogens is 236 g/mol. The summed E-state index contributed by atoms with van der Waals surface area (Å²) < 4.78 is 5.28. The first-order chi connectivity index (χ1) is 8.40. The topological polar surface area (TPSA) is 102 Å². The third kappa shape index (κ3) is 7.24. The average Bonchev–Trinajstić information content (AvgIpc) is 2.26. The molecule has 0 aliphatic rings. The van der Waals surface area contributed by atoms with Crippen molar-refractivity contribution in [3.05, 3.63) is 0 Å². The number of carboxylic acid groups (broad SMARTS) is 1. The molecule has 2 atom stereocenters. The van der Waals surface area contributed by atoms with Crippen molar-refractivity contribution in [2.75, 3.05) is 13.2 Å². The van der Waals surface area contributed by atoms with Gasteiger partial charge in [-0.25, -0.2) is 0 Å². The van der Waals surface area contributed by atoms with Crippen molar-refractivity contribution in [2.45, 2.75) is 45.8 Å². The lowest BCUT2D eigenvalue weighted by Crippen LogP contribution is -2.42. The molecule has 0 aromatic carbocycles. The second-order valence-corrected chi connectivity index (χ2v) is 4.53. The number of carboxylic acids is 1. The van der Waals surface area contributed by atoms with Gasteiger partial charge in [0.15, 0.2) is 0 Å². The maximum Gasteiger partial charge on any atom is 0.305 e. The molecule has 0 aliphatic carbocycles. The molecule has 2 unspecified atom stereocenters. The van der Waals surface area contributed by atoms with Gasteiger partial charge >= 0.3 is 5.97 Å². The second kappa shape index (κ2) is 8.88. The summed E-state index contributed by atoms with van der Waals surface area (Å²) in [6.45, 7) is 6.35. The zero-order chi connectivity index (χ0) is 14.1. The Morgan fingerprint density at radius 1 is 1.33 bits per heavy atom. The number of hydrogen-bond acceptors (Lipinski definition) is 4. The van der Waals surface area contributed by atoms with Crippen LogP contribution in [0.1, 0.15) is 33.6 Å². The average molecular weight is 260 g/mol. The van der Waals surface area contributed by atoms with Gasteiger partial charge < -0.3 is 20.9 Å². The molecule has 6 nitrogen and oxygen atoms in total. The van der Waals surface area contributed by atoms with Crippen LogP contribution in [0.3, 0.4) is 0 Å². The molecule has 0 saturated carbocycles. The van der Waals surface area contributed by atoms with Gasteiger partial charge in [0, 0.05) is 19.2 Å². The van der Waals surface area contributed by atoms with E-state index in [9.17, 15) is 9.59 Å². The molecule has 0 rings (SSSR count). The van der Waals surface area contributed by atoms with Crippen LogP contribution in [0.4, 0.5) is 0 Å². The largest absolute Gasteiger partial charge is 0.481 e. The number of ether oxygens (including phenoxy) is 1. The van der Waals surface area contributed by atoms with Gasteiger partial charge in [0.25, 0.3) is 0 Å². The summed E-state index contributed by atoms with van der Waals surface area (Å²) in [6, 6.07) is -0.366. The Hall–Kier alpha value is -1.14. The summed E-state index contributed by atoms with van der Waals surface area (Å²) in [5.74, 6) is -1.08. The molecule has 0 aromatic heterocycles. The minimum atomic E-state index is -0.922. The molecule has 1 amide bonds. The third-order valence-electron chi connectivity index (χ3n) is 2.62. The predicted octanol–water partition coefficient (Wildman–Crippen LogP) is 0.356. The van der Waals surface area contributed by atoms with E-state index in [1.165, 1.54) is 0 Å². The zero-order valence-electron chi connectivity index (χ0n) is 11.3. The summed E-state index contributed by atoms with van der Waals surface area (Å²) in [5, 5.41) is 11.5. The van der Waals surface area contributed by atoms with Crippen LogP contribution >= 0.6 is 0 Å². The van der Waals surface area contributed by atoms with Crippen LogP contribution in [0.25, 0.3) is 0 Å². The molecule has 0 fully saturated rings. The molecule has 0 spiro atoms. The number of carbonyl (C=O) groups excluding carboxylic acids is 1. The summed E-state index contributed by atoms with van der Waals surface area (Å²) in [4.78, 5) is 22.4. The highest BCUT2D eigenvalue weighted by molar-refractivity contribution is 5.78. The van der Waals surface area contributed by atoms with E-state index in [4.69, 9.17) is 15.6 Å². The first kappa shape index (κ1) is 16.9. The predicted molar refractivity (Wildman–Crippen MR) is 68.1 cm³/mol. The minimum absolute atomic E-state index is 0.0634. The molecule has 0 bridgehead atoms. The number of hydrogen-bond donors (Lipinski definition) is 3. The Morgan fingerprint density at radius 3 is 2.33 bits per heavy atom. The van der Waals surface area contributed by atoms with Crippen molar-refractivity contribution in [1.82, 2.24) is 5.32 Å². The van der Waals surface area contributed by atoms with Gasteiger partial charge in [-0.05, 0) is 12.8 Å². The Bertz CT molecular complexity index is 269. The normalized spacial score (nSPS) is 14.3. The molecule has 6 heteroatoms. The van der Waals surface area contributed by atoms with E-state index >= 15 is 0 Å². The fourth-order valence-corrected chi connectivity index (χ4v) is 1.56. The van der Waals surface area contributed by atoms with Crippen molar-refractivity contribution in [2.24, 2.45) is 11.7 Å². The summed E-state index contributed by atoms with van der Waals surface area (Å²) in [6.07, 6.45) is -0.231. The number of aliphatic carboxylic acids is 1. The SMILES string of the molecule is CCOC(CN)CC(=O)NC(CC(=O)O)C(C)C.